The second kappa shape index (κ2) is 7.64. The largest absolute Gasteiger partial charge is 0.334 e. The molecule has 0 unspecified atom stereocenters. The van der Waals surface area contributed by atoms with E-state index in [1.165, 1.54) is 24.8 Å². The molecule has 1 aliphatic heterocycles. The maximum Gasteiger partial charge on any atom is 0.254 e. The van der Waals surface area contributed by atoms with Gasteiger partial charge in [0, 0.05) is 30.4 Å². The lowest BCUT2D eigenvalue weighted by atomic mass is 9.78. The molecule has 0 N–H and O–H groups in total. The zero-order valence-corrected chi connectivity index (χ0v) is 16.0. The van der Waals surface area contributed by atoms with E-state index in [1.54, 1.807) is 5.06 Å². The Balaban J connectivity index is 1.49. The fraction of sp³-hybridized carbons (Fsp3) is 0.476. The molecular formula is C21H26N4O2. The number of rotatable bonds is 3. The van der Waals surface area contributed by atoms with Gasteiger partial charge in [-0.3, -0.25) is 9.63 Å². The molecule has 4 rings (SSSR count). The standard InChI is InChI=1S/C21H26N4O2/c1-15-14-20(23-16(2)22-15)25-11-10-24(12-13-27-25)21(26)19-9-4-3-8-18(19)17-6-5-7-17/h3-4,8-9,14,17H,5-7,10-13H2,1-2H3. The summed E-state index contributed by atoms with van der Waals surface area (Å²) in [6, 6.07) is 10.00. The first-order valence-corrected chi connectivity index (χ1v) is 9.73. The topological polar surface area (TPSA) is 58.6 Å². The predicted octanol–water partition coefficient (Wildman–Crippen LogP) is 3.25. The predicted molar refractivity (Wildman–Crippen MR) is 104 cm³/mol. The maximum atomic E-state index is 13.2. The van der Waals surface area contributed by atoms with Crippen LogP contribution >= 0.6 is 0 Å². The van der Waals surface area contributed by atoms with Crippen molar-refractivity contribution in [2.24, 2.45) is 0 Å². The SMILES string of the molecule is Cc1cc(N2CCN(C(=O)c3ccccc3C3CCC3)CCO2)nc(C)n1. The number of benzene rings is 1. The van der Waals surface area contributed by atoms with Crippen LogP contribution in [0.1, 0.15) is 52.6 Å². The molecular weight excluding hydrogens is 340 g/mol. The number of hydrogen-bond donors (Lipinski definition) is 0. The first-order chi connectivity index (χ1) is 13.1. The van der Waals surface area contributed by atoms with Crippen molar-refractivity contribution in [3.8, 4) is 0 Å². The molecule has 1 saturated carbocycles. The summed E-state index contributed by atoms with van der Waals surface area (Å²) in [4.78, 5) is 29.8. The molecule has 1 saturated heterocycles. The van der Waals surface area contributed by atoms with E-state index >= 15 is 0 Å². The van der Waals surface area contributed by atoms with Gasteiger partial charge in [-0.2, -0.15) is 0 Å². The monoisotopic (exact) mass is 366 g/mol. The fourth-order valence-corrected chi connectivity index (χ4v) is 3.80. The van der Waals surface area contributed by atoms with E-state index in [0.29, 0.717) is 32.2 Å². The molecule has 0 spiro atoms. The van der Waals surface area contributed by atoms with E-state index in [2.05, 4.69) is 16.0 Å². The van der Waals surface area contributed by atoms with Crippen LogP contribution in [0.5, 0.6) is 0 Å². The van der Waals surface area contributed by atoms with Gasteiger partial charge in [0.15, 0.2) is 5.82 Å². The van der Waals surface area contributed by atoms with E-state index in [1.807, 2.05) is 43.0 Å². The van der Waals surface area contributed by atoms with Gasteiger partial charge in [0.1, 0.15) is 5.82 Å². The lowest BCUT2D eigenvalue weighted by Crippen LogP contribution is -2.36. The third-order valence-electron chi connectivity index (χ3n) is 5.41. The van der Waals surface area contributed by atoms with Crippen molar-refractivity contribution in [1.82, 2.24) is 14.9 Å². The summed E-state index contributed by atoms with van der Waals surface area (Å²) in [6.45, 7) is 6.06. The Bertz CT molecular complexity index is 814. The van der Waals surface area contributed by atoms with Crippen molar-refractivity contribution in [3.05, 3.63) is 53.0 Å². The Labute approximate surface area is 160 Å². The zero-order valence-electron chi connectivity index (χ0n) is 16.0. The van der Waals surface area contributed by atoms with Gasteiger partial charge in [-0.15, -0.1) is 0 Å². The summed E-state index contributed by atoms with van der Waals surface area (Å²) in [5, 5.41) is 1.78. The van der Waals surface area contributed by atoms with Crippen molar-refractivity contribution in [2.75, 3.05) is 31.3 Å². The van der Waals surface area contributed by atoms with Gasteiger partial charge in [0.25, 0.3) is 5.91 Å². The summed E-state index contributed by atoms with van der Waals surface area (Å²) in [5.74, 6) is 2.12. The third kappa shape index (κ3) is 3.81. The Hall–Kier alpha value is -2.47. The quantitative estimate of drug-likeness (QED) is 0.834. The molecule has 0 radical (unpaired) electrons. The van der Waals surface area contributed by atoms with Crippen molar-refractivity contribution in [3.63, 3.8) is 0 Å². The molecule has 2 heterocycles. The molecule has 1 aromatic heterocycles. The minimum absolute atomic E-state index is 0.109. The molecule has 6 heteroatoms. The summed E-state index contributed by atoms with van der Waals surface area (Å²) < 4.78 is 0. The normalized spacial score (nSPS) is 18.1. The molecule has 2 fully saturated rings. The number of hydroxylamine groups is 1. The Morgan fingerprint density at radius 1 is 1.11 bits per heavy atom. The van der Waals surface area contributed by atoms with Gasteiger partial charge in [0.2, 0.25) is 0 Å². The number of aromatic nitrogens is 2. The molecule has 0 atom stereocenters. The van der Waals surface area contributed by atoms with Crippen LogP contribution in [0.3, 0.4) is 0 Å². The average molecular weight is 366 g/mol. The number of anilines is 1. The van der Waals surface area contributed by atoms with E-state index in [0.717, 1.165) is 22.9 Å². The summed E-state index contributed by atoms with van der Waals surface area (Å²) in [6.07, 6.45) is 3.64. The summed E-state index contributed by atoms with van der Waals surface area (Å²) >= 11 is 0. The molecule has 27 heavy (non-hydrogen) atoms. The molecule has 6 nitrogen and oxygen atoms in total. The second-order valence-electron chi connectivity index (χ2n) is 7.36. The minimum Gasteiger partial charge on any atom is -0.334 e. The molecule has 1 aromatic carbocycles. The smallest absolute Gasteiger partial charge is 0.254 e. The first kappa shape index (κ1) is 17.9. The van der Waals surface area contributed by atoms with Crippen molar-refractivity contribution in [1.29, 1.82) is 0 Å². The van der Waals surface area contributed by atoms with Crippen LogP contribution in [-0.4, -0.2) is 47.0 Å². The average Bonchev–Trinajstić information content (AvgIpc) is 2.85. The van der Waals surface area contributed by atoms with Gasteiger partial charge >= 0.3 is 0 Å². The highest BCUT2D eigenvalue weighted by molar-refractivity contribution is 5.96. The Morgan fingerprint density at radius 2 is 1.93 bits per heavy atom. The van der Waals surface area contributed by atoms with E-state index in [-0.39, 0.29) is 5.91 Å². The zero-order chi connectivity index (χ0) is 18.8. The van der Waals surface area contributed by atoms with E-state index in [9.17, 15) is 4.79 Å². The lowest BCUT2D eigenvalue weighted by molar-refractivity contribution is 0.0728. The second-order valence-corrected chi connectivity index (χ2v) is 7.36. The number of carbonyl (C=O) groups excluding carboxylic acids is 1. The van der Waals surface area contributed by atoms with Crippen molar-refractivity contribution >= 4 is 11.7 Å². The number of amides is 1. The van der Waals surface area contributed by atoms with Gasteiger partial charge < -0.3 is 4.90 Å². The van der Waals surface area contributed by atoms with E-state index in [4.69, 9.17) is 4.84 Å². The summed E-state index contributed by atoms with van der Waals surface area (Å²) in [7, 11) is 0. The number of nitrogens with zero attached hydrogens (tertiary/aromatic N) is 4. The highest BCUT2D eigenvalue weighted by atomic mass is 16.7. The van der Waals surface area contributed by atoms with Crippen LogP contribution in [-0.2, 0) is 4.84 Å². The first-order valence-electron chi connectivity index (χ1n) is 9.73. The molecule has 2 aromatic rings. The fourth-order valence-electron chi connectivity index (χ4n) is 3.80. The number of carbonyl (C=O) groups is 1. The Morgan fingerprint density at radius 3 is 2.67 bits per heavy atom. The van der Waals surface area contributed by atoms with Crippen LogP contribution in [0.2, 0.25) is 0 Å². The molecule has 2 aliphatic rings. The number of hydrogen-bond acceptors (Lipinski definition) is 5. The molecule has 1 aliphatic carbocycles. The van der Waals surface area contributed by atoms with Gasteiger partial charge in [-0.05, 0) is 44.2 Å². The maximum absolute atomic E-state index is 13.2. The number of aryl methyl sites for hydroxylation is 2. The van der Waals surface area contributed by atoms with Crippen LogP contribution in [0.15, 0.2) is 30.3 Å². The van der Waals surface area contributed by atoms with Crippen LogP contribution in [0, 0.1) is 13.8 Å². The highest BCUT2D eigenvalue weighted by Gasteiger charge is 2.28. The van der Waals surface area contributed by atoms with Crippen LogP contribution < -0.4 is 5.06 Å². The van der Waals surface area contributed by atoms with Gasteiger partial charge in [-0.1, -0.05) is 24.6 Å². The minimum atomic E-state index is 0.109. The highest BCUT2D eigenvalue weighted by Crippen LogP contribution is 2.38. The van der Waals surface area contributed by atoms with Crippen molar-refractivity contribution in [2.45, 2.75) is 39.0 Å². The molecule has 142 valence electrons. The Kier molecular flexibility index (Phi) is 5.07. The van der Waals surface area contributed by atoms with Crippen LogP contribution in [0.4, 0.5) is 5.82 Å². The van der Waals surface area contributed by atoms with Crippen molar-refractivity contribution < 1.29 is 9.63 Å². The molecule has 0 bridgehead atoms. The lowest BCUT2D eigenvalue weighted by Gasteiger charge is -2.29. The molecule has 1 amide bonds. The van der Waals surface area contributed by atoms with Gasteiger partial charge in [0.05, 0.1) is 13.2 Å². The third-order valence-corrected chi connectivity index (χ3v) is 5.41. The summed E-state index contributed by atoms with van der Waals surface area (Å²) in [5.41, 5.74) is 2.97. The van der Waals surface area contributed by atoms with Gasteiger partial charge in [-0.25, -0.2) is 15.0 Å². The van der Waals surface area contributed by atoms with Crippen LogP contribution in [0.25, 0.3) is 0 Å². The van der Waals surface area contributed by atoms with E-state index < -0.39 is 0 Å².